The van der Waals surface area contributed by atoms with E-state index in [0.717, 1.165) is 12.1 Å². The molecule has 0 fully saturated rings. The van der Waals surface area contributed by atoms with Crippen molar-refractivity contribution in [3.63, 3.8) is 0 Å². The van der Waals surface area contributed by atoms with Gasteiger partial charge in [-0.3, -0.25) is 4.79 Å². The normalized spacial score (nSPS) is 10.9. The average Bonchev–Trinajstić information content (AvgIpc) is 2.87. The van der Waals surface area contributed by atoms with Crippen molar-refractivity contribution in [2.45, 2.75) is 0 Å². The van der Waals surface area contributed by atoms with Crippen molar-refractivity contribution in [3.05, 3.63) is 108 Å². The third-order valence-electron chi connectivity index (χ3n) is 5.45. The molecule has 0 unspecified atom stereocenters. The van der Waals surface area contributed by atoms with Crippen molar-refractivity contribution in [3.8, 4) is 22.5 Å². The first-order valence-corrected chi connectivity index (χ1v) is 10.6. The fraction of sp³-hybridized carbons (Fsp3) is 0. The summed E-state index contributed by atoms with van der Waals surface area (Å²) in [6, 6.07) is 21.8. The first-order valence-electron chi connectivity index (χ1n) is 10.6. The molecule has 0 saturated carbocycles. The highest BCUT2D eigenvalue weighted by Gasteiger charge is 2.16. The van der Waals surface area contributed by atoms with Crippen molar-refractivity contribution in [2.24, 2.45) is 5.73 Å². The number of carbonyl (C=O) groups excluding carboxylic acids is 1. The number of halogens is 3. The third-order valence-corrected chi connectivity index (χ3v) is 5.45. The van der Waals surface area contributed by atoms with Crippen LogP contribution < -0.4 is 11.1 Å². The van der Waals surface area contributed by atoms with Crippen LogP contribution >= 0.6 is 0 Å². The molecule has 4 aromatic carbocycles. The molecular formula is C27H17F3N4O. The number of anilines is 2. The van der Waals surface area contributed by atoms with Crippen molar-refractivity contribution < 1.29 is 18.0 Å². The maximum absolute atomic E-state index is 15.4. The summed E-state index contributed by atoms with van der Waals surface area (Å²) in [7, 11) is 0. The smallest absolute Gasteiger partial charge is 0.248 e. The first kappa shape index (κ1) is 22.1. The summed E-state index contributed by atoms with van der Waals surface area (Å²) in [5.74, 6) is -2.79. The molecule has 0 atom stereocenters. The van der Waals surface area contributed by atoms with Gasteiger partial charge in [-0.25, -0.2) is 23.1 Å². The Bertz CT molecular complexity index is 1590. The first-order chi connectivity index (χ1) is 16.9. The topological polar surface area (TPSA) is 80.9 Å². The summed E-state index contributed by atoms with van der Waals surface area (Å²) in [5, 5.41) is 3.28. The Morgan fingerprint density at radius 1 is 0.714 bits per heavy atom. The van der Waals surface area contributed by atoms with Gasteiger partial charge >= 0.3 is 0 Å². The van der Waals surface area contributed by atoms with Crippen LogP contribution in [0.15, 0.2) is 84.9 Å². The fourth-order valence-corrected chi connectivity index (χ4v) is 3.73. The van der Waals surface area contributed by atoms with Crippen LogP contribution in [0.25, 0.3) is 33.4 Å². The average molecular weight is 470 g/mol. The van der Waals surface area contributed by atoms with Crippen LogP contribution in [-0.2, 0) is 0 Å². The molecule has 0 radical (unpaired) electrons. The van der Waals surface area contributed by atoms with E-state index < -0.39 is 23.4 Å². The molecule has 1 aromatic heterocycles. The lowest BCUT2D eigenvalue weighted by molar-refractivity contribution is 0.100. The lowest BCUT2D eigenvalue weighted by Gasteiger charge is -2.14. The monoisotopic (exact) mass is 470 g/mol. The Hall–Kier alpha value is -4.72. The van der Waals surface area contributed by atoms with Crippen LogP contribution in [0.1, 0.15) is 10.4 Å². The summed E-state index contributed by atoms with van der Waals surface area (Å²) in [5.41, 5.74) is 7.61. The zero-order chi connectivity index (χ0) is 24.5. The van der Waals surface area contributed by atoms with Crippen LogP contribution in [0.2, 0.25) is 0 Å². The number of fused-ring (bicyclic) bond motifs is 1. The number of rotatable bonds is 5. The Morgan fingerprint density at radius 2 is 1.49 bits per heavy atom. The molecule has 0 spiro atoms. The Labute approximate surface area is 198 Å². The second-order valence-corrected chi connectivity index (χ2v) is 7.82. The molecule has 0 aliphatic carbocycles. The molecule has 5 nitrogen and oxygen atoms in total. The molecule has 1 heterocycles. The molecule has 35 heavy (non-hydrogen) atoms. The van der Waals surface area contributed by atoms with E-state index in [-0.39, 0.29) is 28.4 Å². The molecule has 1 amide bonds. The molecule has 0 aliphatic heterocycles. The summed E-state index contributed by atoms with van der Waals surface area (Å²) in [6.45, 7) is 0. The van der Waals surface area contributed by atoms with Gasteiger partial charge in [-0.2, -0.15) is 0 Å². The molecule has 0 aliphatic rings. The summed E-state index contributed by atoms with van der Waals surface area (Å²) in [4.78, 5) is 20.6. The largest absolute Gasteiger partial charge is 0.366 e. The molecule has 3 N–H and O–H groups in total. The highest BCUT2D eigenvalue weighted by molar-refractivity contribution is 5.97. The second-order valence-electron chi connectivity index (χ2n) is 7.82. The number of nitrogens with zero attached hydrogens (tertiary/aromatic N) is 2. The standard InChI is InChI=1S/C27H17F3N4O/c28-21-10-9-19(14-22(21)29)32-27-20-12-18(16-7-4-8-17(11-16)25(31)35)13-23(30)24(20)33-26(34-27)15-5-2-1-3-6-15/h1-14H,(H2,31,35)(H,32,33,34). The van der Waals surface area contributed by atoms with Gasteiger partial charge in [0.25, 0.3) is 0 Å². The summed E-state index contributed by atoms with van der Waals surface area (Å²) < 4.78 is 42.7. The highest BCUT2D eigenvalue weighted by Crippen LogP contribution is 2.33. The minimum Gasteiger partial charge on any atom is -0.366 e. The molecule has 5 aromatic rings. The van der Waals surface area contributed by atoms with Gasteiger partial charge in [-0.1, -0.05) is 42.5 Å². The molecular weight excluding hydrogens is 453 g/mol. The SMILES string of the molecule is NC(=O)c1cccc(-c2cc(F)c3nc(-c4ccccc4)nc(Nc4ccc(F)c(F)c4)c3c2)c1. The maximum atomic E-state index is 15.4. The minimum atomic E-state index is -1.04. The molecule has 0 bridgehead atoms. The number of primary amides is 1. The van der Waals surface area contributed by atoms with Gasteiger partial charge < -0.3 is 11.1 Å². The predicted molar refractivity (Wildman–Crippen MR) is 129 cm³/mol. The molecule has 0 saturated heterocycles. The number of nitrogens with two attached hydrogens (primary N) is 1. The molecule has 172 valence electrons. The van der Waals surface area contributed by atoms with E-state index in [0.29, 0.717) is 22.1 Å². The molecule has 5 rings (SSSR count). The van der Waals surface area contributed by atoms with E-state index in [2.05, 4.69) is 15.3 Å². The van der Waals surface area contributed by atoms with Crippen LogP contribution in [0.5, 0.6) is 0 Å². The minimum absolute atomic E-state index is 0.0405. The Morgan fingerprint density at radius 3 is 2.23 bits per heavy atom. The number of benzene rings is 4. The van der Waals surface area contributed by atoms with Gasteiger partial charge in [-0.15, -0.1) is 0 Å². The van der Waals surface area contributed by atoms with E-state index in [1.54, 1.807) is 54.6 Å². The van der Waals surface area contributed by atoms with Gasteiger partial charge in [0, 0.05) is 28.3 Å². The molecule has 8 heteroatoms. The van der Waals surface area contributed by atoms with Gasteiger partial charge in [0.05, 0.1) is 0 Å². The van der Waals surface area contributed by atoms with Crippen LogP contribution in [-0.4, -0.2) is 15.9 Å². The zero-order valence-electron chi connectivity index (χ0n) is 18.1. The van der Waals surface area contributed by atoms with Crippen LogP contribution in [0.4, 0.5) is 24.7 Å². The number of aromatic nitrogens is 2. The number of hydrogen-bond donors (Lipinski definition) is 2. The maximum Gasteiger partial charge on any atom is 0.248 e. The Balaban J connectivity index is 1.72. The number of nitrogens with one attached hydrogen (secondary N) is 1. The quantitative estimate of drug-likeness (QED) is 0.319. The van der Waals surface area contributed by atoms with E-state index in [9.17, 15) is 13.6 Å². The van der Waals surface area contributed by atoms with E-state index >= 15 is 4.39 Å². The van der Waals surface area contributed by atoms with Crippen molar-refractivity contribution in [1.82, 2.24) is 9.97 Å². The van der Waals surface area contributed by atoms with E-state index in [1.807, 2.05) is 6.07 Å². The number of amides is 1. The van der Waals surface area contributed by atoms with E-state index in [1.165, 1.54) is 12.1 Å². The second kappa shape index (κ2) is 8.90. The number of hydrogen-bond acceptors (Lipinski definition) is 4. The summed E-state index contributed by atoms with van der Waals surface area (Å²) >= 11 is 0. The zero-order valence-corrected chi connectivity index (χ0v) is 18.1. The highest BCUT2D eigenvalue weighted by atomic mass is 19.2. The van der Waals surface area contributed by atoms with Gasteiger partial charge in [-0.05, 0) is 47.5 Å². The lowest BCUT2D eigenvalue weighted by atomic mass is 10.0. The lowest BCUT2D eigenvalue weighted by Crippen LogP contribution is -2.10. The third kappa shape index (κ3) is 4.41. The van der Waals surface area contributed by atoms with Gasteiger partial charge in [0.15, 0.2) is 17.5 Å². The van der Waals surface area contributed by atoms with Gasteiger partial charge in [0.1, 0.15) is 17.2 Å². The van der Waals surface area contributed by atoms with Crippen molar-refractivity contribution >= 4 is 28.3 Å². The number of carbonyl (C=O) groups is 1. The fourth-order valence-electron chi connectivity index (χ4n) is 3.73. The van der Waals surface area contributed by atoms with Crippen LogP contribution in [0, 0.1) is 17.5 Å². The van der Waals surface area contributed by atoms with Gasteiger partial charge in [0.2, 0.25) is 5.91 Å². The summed E-state index contributed by atoms with van der Waals surface area (Å²) in [6.07, 6.45) is 0. The van der Waals surface area contributed by atoms with Crippen LogP contribution in [0.3, 0.4) is 0 Å². The predicted octanol–water partition coefficient (Wildman–Crippen LogP) is 6.22. The van der Waals surface area contributed by atoms with Crippen molar-refractivity contribution in [1.29, 1.82) is 0 Å². The van der Waals surface area contributed by atoms with E-state index in [4.69, 9.17) is 5.73 Å². The van der Waals surface area contributed by atoms with Crippen molar-refractivity contribution in [2.75, 3.05) is 5.32 Å². The Kier molecular flexibility index (Phi) is 5.62.